The molecule has 0 heterocycles. The molecular weight excluding hydrogens is 390 g/mol. The lowest BCUT2D eigenvalue weighted by Gasteiger charge is -2.19. The molecule has 0 spiro atoms. The Balaban J connectivity index is 2.22. The number of rotatable bonds is 3. The predicted octanol–water partition coefficient (Wildman–Crippen LogP) is 5.79. The first-order valence-corrected chi connectivity index (χ1v) is 7.55. The smallest absolute Gasteiger partial charge is 0.378 e. The molecule has 1 unspecified atom stereocenters. The molecule has 0 saturated heterocycles. The fraction of sp³-hybridized carbons (Fsp3) is 0.250. The van der Waals surface area contributed by atoms with Gasteiger partial charge in [0.2, 0.25) is 0 Å². The van der Waals surface area contributed by atoms with Crippen molar-refractivity contribution in [3.05, 3.63) is 62.7 Å². The van der Waals surface area contributed by atoms with Gasteiger partial charge in [-0.3, -0.25) is 0 Å². The topological polar surface area (TPSA) is 12.0 Å². The number of aryl methyl sites for hydroxylation is 1. The number of benzene rings is 2. The van der Waals surface area contributed by atoms with E-state index in [4.69, 9.17) is 0 Å². The minimum Gasteiger partial charge on any atom is -0.378 e. The second kappa shape index (κ2) is 6.25. The van der Waals surface area contributed by atoms with Crippen molar-refractivity contribution in [2.24, 2.45) is 0 Å². The molecule has 0 amide bonds. The Kier molecular flexibility index (Phi) is 4.81. The fourth-order valence-corrected chi connectivity index (χ4v) is 2.74. The molecule has 112 valence electrons. The highest BCUT2D eigenvalue weighted by molar-refractivity contribution is 14.1. The summed E-state index contributed by atoms with van der Waals surface area (Å²) >= 11 is 2.23. The van der Waals surface area contributed by atoms with E-state index in [9.17, 15) is 13.2 Å². The van der Waals surface area contributed by atoms with Crippen LogP contribution in [0.4, 0.5) is 18.9 Å². The van der Waals surface area contributed by atoms with Crippen LogP contribution in [-0.4, -0.2) is 0 Å². The lowest BCUT2D eigenvalue weighted by Crippen LogP contribution is -2.10. The second-order valence-corrected chi connectivity index (χ2v) is 6.19. The number of hydrogen-bond acceptors (Lipinski definition) is 1. The Morgan fingerprint density at radius 1 is 1.10 bits per heavy atom. The molecule has 0 saturated carbocycles. The molecule has 21 heavy (non-hydrogen) atoms. The maximum absolute atomic E-state index is 12.7. The number of hydrogen-bond donors (Lipinski definition) is 1. The van der Waals surface area contributed by atoms with Crippen molar-refractivity contribution >= 4 is 28.3 Å². The van der Waals surface area contributed by atoms with Crippen molar-refractivity contribution in [2.45, 2.75) is 26.1 Å². The quantitative estimate of drug-likeness (QED) is 0.638. The third kappa shape index (κ3) is 4.12. The minimum absolute atomic E-state index is 0.203. The maximum atomic E-state index is 12.7. The summed E-state index contributed by atoms with van der Waals surface area (Å²) in [7, 11) is 0. The number of alkyl halides is 3. The average Bonchev–Trinajstić information content (AvgIpc) is 2.41. The van der Waals surface area contributed by atoms with Gasteiger partial charge in [-0.05, 0) is 77.9 Å². The van der Waals surface area contributed by atoms with E-state index in [1.54, 1.807) is 6.07 Å². The molecule has 5 heteroatoms. The van der Waals surface area contributed by atoms with Gasteiger partial charge in [0.05, 0.1) is 5.56 Å². The monoisotopic (exact) mass is 405 g/mol. The Hall–Kier alpha value is -1.24. The van der Waals surface area contributed by atoms with Gasteiger partial charge in [-0.1, -0.05) is 12.1 Å². The molecule has 1 atom stereocenters. The molecule has 0 aliphatic rings. The predicted molar refractivity (Wildman–Crippen MR) is 87.4 cm³/mol. The highest BCUT2D eigenvalue weighted by Gasteiger charge is 2.30. The van der Waals surface area contributed by atoms with Gasteiger partial charge in [-0.15, -0.1) is 0 Å². The molecular formula is C16H15F3IN. The molecule has 1 N–H and O–H groups in total. The largest absolute Gasteiger partial charge is 0.416 e. The second-order valence-electron chi connectivity index (χ2n) is 4.95. The lowest BCUT2D eigenvalue weighted by atomic mass is 10.0. The summed E-state index contributed by atoms with van der Waals surface area (Å²) in [6.45, 7) is 3.83. The summed E-state index contributed by atoms with van der Waals surface area (Å²) in [4.78, 5) is 0. The lowest BCUT2D eigenvalue weighted by molar-refractivity contribution is -0.137. The molecule has 2 aromatic carbocycles. The van der Waals surface area contributed by atoms with Gasteiger partial charge < -0.3 is 5.32 Å². The molecule has 0 aromatic heterocycles. The SMILES string of the molecule is Cc1cc(I)ccc1NC(C)c1cccc(C(F)(F)F)c1. The summed E-state index contributed by atoms with van der Waals surface area (Å²) in [6, 6.07) is 11.2. The summed E-state index contributed by atoms with van der Waals surface area (Å²) in [5.74, 6) is 0. The van der Waals surface area contributed by atoms with Crippen LogP contribution in [0.2, 0.25) is 0 Å². The van der Waals surface area contributed by atoms with Gasteiger partial charge in [0.1, 0.15) is 0 Å². The summed E-state index contributed by atoms with van der Waals surface area (Å²) in [5.41, 5.74) is 2.00. The van der Waals surface area contributed by atoms with Crippen LogP contribution in [0.5, 0.6) is 0 Å². The molecule has 0 aliphatic heterocycles. The molecule has 0 fully saturated rings. The summed E-state index contributed by atoms with van der Waals surface area (Å²) in [6.07, 6.45) is -4.31. The van der Waals surface area contributed by atoms with Crippen LogP contribution in [0, 0.1) is 10.5 Å². The first kappa shape index (κ1) is 16.1. The normalized spacial score (nSPS) is 13.0. The van der Waals surface area contributed by atoms with Crippen molar-refractivity contribution in [3.63, 3.8) is 0 Å². The van der Waals surface area contributed by atoms with Gasteiger partial charge >= 0.3 is 6.18 Å². The first-order valence-electron chi connectivity index (χ1n) is 6.47. The fourth-order valence-electron chi connectivity index (χ4n) is 2.09. The molecule has 0 aliphatic carbocycles. The number of anilines is 1. The van der Waals surface area contributed by atoms with Crippen molar-refractivity contribution in [2.75, 3.05) is 5.32 Å². The Labute approximate surface area is 135 Å². The van der Waals surface area contributed by atoms with Crippen LogP contribution in [0.15, 0.2) is 42.5 Å². The first-order chi connectivity index (χ1) is 9.77. The third-order valence-electron chi connectivity index (χ3n) is 3.27. The molecule has 1 nitrogen and oxygen atoms in total. The van der Waals surface area contributed by atoms with Crippen LogP contribution in [0.3, 0.4) is 0 Å². The van der Waals surface area contributed by atoms with E-state index in [1.807, 2.05) is 32.0 Å². The van der Waals surface area contributed by atoms with Crippen LogP contribution in [0.25, 0.3) is 0 Å². The van der Waals surface area contributed by atoms with Crippen LogP contribution in [-0.2, 0) is 6.18 Å². The van der Waals surface area contributed by atoms with Gasteiger partial charge in [-0.25, -0.2) is 0 Å². The van der Waals surface area contributed by atoms with E-state index in [1.165, 1.54) is 12.1 Å². The summed E-state index contributed by atoms with van der Waals surface area (Å²) < 4.78 is 39.4. The minimum atomic E-state index is -4.31. The van der Waals surface area contributed by atoms with Gasteiger partial charge in [0.25, 0.3) is 0 Å². The van der Waals surface area contributed by atoms with Gasteiger partial charge in [0.15, 0.2) is 0 Å². The zero-order chi connectivity index (χ0) is 15.6. The van der Waals surface area contributed by atoms with Gasteiger partial charge in [0, 0.05) is 15.3 Å². The molecule has 0 bridgehead atoms. The van der Waals surface area contributed by atoms with Crippen molar-refractivity contribution < 1.29 is 13.2 Å². The molecule has 2 rings (SSSR count). The number of halogens is 4. The number of nitrogens with one attached hydrogen (secondary N) is 1. The molecule has 0 radical (unpaired) electrons. The van der Waals surface area contributed by atoms with Crippen molar-refractivity contribution in [1.82, 2.24) is 0 Å². The summed E-state index contributed by atoms with van der Waals surface area (Å²) in [5, 5.41) is 3.26. The van der Waals surface area contributed by atoms with Gasteiger partial charge in [-0.2, -0.15) is 13.2 Å². The molecule has 2 aromatic rings. The van der Waals surface area contributed by atoms with Crippen molar-refractivity contribution in [3.8, 4) is 0 Å². The van der Waals surface area contributed by atoms with E-state index in [-0.39, 0.29) is 6.04 Å². The van der Waals surface area contributed by atoms with Crippen LogP contribution >= 0.6 is 22.6 Å². The Morgan fingerprint density at radius 2 is 1.81 bits per heavy atom. The maximum Gasteiger partial charge on any atom is 0.416 e. The third-order valence-corrected chi connectivity index (χ3v) is 3.95. The van der Waals surface area contributed by atoms with Crippen LogP contribution < -0.4 is 5.32 Å². The van der Waals surface area contributed by atoms with Crippen molar-refractivity contribution in [1.29, 1.82) is 0 Å². The Morgan fingerprint density at radius 3 is 2.43 bits per heavy atom. The zero-order valence-electron chi connectivity index (χ0n) is 11.6. The van der Waals surface area contributed by atoms with Crippen LogP contribution in [0.1, 0.15) is 29.7 Å². The average molecular weight is 405 g/mol. The van der Waals surface area contributed by atoms with E-state index in [0.717, 1.165) is 20.9 Å². The van der Waals surface area contributed by atoms with E-state index < -0.39 is 11.7 Å². The highest BCUT2D eigenvalue weighted by Crippen LogP contribution is 2.31. The van der Waals surface area contributed by atoms with E-state index >= 15 is 0 Å². The Bertz CT molecular complexity index is 638. The highest BCUT2D eigenvalue weighted by atomic mass is 127. The zero-order valence-corrected chi connectivity index (χ0v) is 13.8. The standard InChI is InChI=1S/C16H15F3IN/c1-10-8-14(20)6-7-15(10)21-11(2)12-4-3-5-13(9-12)16(17,18)19/h3-9,11,21H,1-2H3. The van der Waals surface area contributed by atoms with E-state index in [0.29, 0.717) is 5.56 Å². The van der Waals surface area contributed by atoms with E-state index in [2.05, 4.69) is 27.9 Å².